The van der Waals surface area contributed by atoms with Gasteiger partial charge in [-0.15, -0.1) is 0 Å². The van der Waals surface area contributed by atoms with E-state index in [1.807, 2.05) is 6.07 Å². The third-order valence-electron chi connectivity index (χ3n) is 1.83. The van der Waals surface area contributed by atoms with Gasteiger partial charge in [0.25, 0.3) is 0 Å². The Morgan fingerprint density at radius 2 is 2.21 bits per heavy atom. The van der Waals surface area contributed by atoms with E-state index in [9.17, 15) is 9.90 Å². The molecule has 3 nitrogen and oxygen atoms in total. The molecule has 1 heterocycles. The van der Waals surface area contributed by atoms with Crippen molar-refractivity contribution in [1.29, 1.82) is 0 Å². The van der Waals surface area contributed by atoms with Crippen LogP contribution in [0.4, 0.5) is 0 Å². The largest absolute Gasteiger partial charge is 1.00 e. The summed E-state index contributed by atoms with van der Waals surface area (Å²) >= 11 is 0. The fourth-order valence-electron chi connectivity index (χ4n) is 1.10. The molecule has 0 aliphatic heterocycles. The summed E-state index contributed by atoms with van der Waals surface area (Å²) in [5, 5.41) is 10.3. The topological polar surface area (TPSA) is 53.0 Å². The number of rotatable bonds is 3. The summed E-state index contributed by atoms with van der Waals surface area (Å²) in [4.78, 5) is 14.2. The molecule has 0 fully saturated rings. The van der Waals surface area contributed by atoms with E-state index in [0.29, 0.717) is 11.6 Å². The number of hydrogen-bond donors (Lipinski definition) is 0. The number of carbonyl (C=O) groups is 1. The maximum absolute atomic E-state index is 10.3. The van der Waals surface area contributed by atoms with E-state index in [2.05, 4.69) is 18.8 Å². The van der Waals surface area contributed by atoms with Crippen molar-refractivity contribution in [3.8, 4) is 0 Å². The van der Waals surface area contributed by atoms with Crippen molar-refractivity contribution in [3.63, 3.8) is 0 Å². The summed E-state index contributed by atoms with van der Waals surface area (Å²) in [7, 11) is 0. The van der Waals surface area contributed by atoms with E-state index in [4.69, 9.17) is 0 Å². The molecule has 0 radical (unpaired) electrons. The van der Waals surface area contributed by atoms with Gasteiger partial charge in [0.1, 0.15) is 0 Å². The van der Waals surface area contributed by atoms with Crippen molar-refractivity contribution >= 4 is 5.97 Å². The summed E-state index contributed by atoms with van der Waals surface area (Å²) in [5.41, 5.74) is 1.66. The second-order valence-electron chi connectivity index (χ2n) is 3.28. The molecule has 4 heteroatoms. The molecule has 1 aromatic heterocycles. The molecule has 1 rings (SSSR count). The van der Waals surface area contributed by atoms with Crippen LogP contribution < -0.4 is 34.7 Å². The molecule has 0 aliphatic carbocycles. The van der Waals surface area contributed by atoms with E-state index in [1.54, 1.807) is 12.3 Å². The molecule has 0 aliphatic rings. The van der Waals surface area contributed by atoms with Crippen LogP contribution in [0.3, 0.4) is 0 Å². The molecule has 0 saturated heterocycles. The Hall–Kier alpha value is -0.380. The Labute approximate surface area is 106 Å². The maximum atomic E-state index is 10.3. The van der Waals surface area contributed by atoms with Gasteiger partial charge < -0.3 is 9.90 Å². The smallest absolute Gasteiger partial charge is 0.550 e. The normalized spacial score (nSPS) is 9.64. The number of carbonyl (C=O) groups excluding carboxylic acids is 1. The van der Waals surface area contributed by atoms with Crippen molar-refractivity contribution in [2.75, 3.05) is 0 Å². The number of nitrogens with zero attached hydrogens (tertiary/aromatic N) is 1. The predicted molar refractivity (Wildman–Crippen MR) is 47.0 cm³/mol. The van der Waals surface area contributed by atoms with Crippen LogP contribution in [0.25, 0.3) is 0 Å². The summed E-state index contributed by atoms with van der Waals surface area (Å²) in [6.07, 6.45) is 1.52. The molecular formula is C10H12NNaO2. The Balaban J connectivity index is 0.00000169. The predicted octanol–water partition coefficient (Wildman–Crippen LogP) is -2.50. The molecule has 0 unspecified atom stereocenters. The Bertz CT molecular complexity index is 313. The number of carboxylic acid groups (broad SMARTS) is 1. The minimum atomic E-state index is -1.09. The summed E-state index contributed by atoms with van der Waals surface area (Å²) in [5.74, 6) is -0.697. The number of carboxylic acids is 1. The molecule has 0 N–H and O–H groups in total. The van der Waals surface area contributed by atoms with Crippen LogP contribution in [-0.4, -0.2) is 11.0 Å². The number of aromatic nitrogens is 1. The minimum Gasteiger partial charge on any atom is -0.550 e. The monoisotopic (exact) mass is 201 g/mol. The average Bonchev–Trinajstić information content (AvgIpc) is 2.03. The van der Waals surface area contributed by atoms with E-state index in [-0.39, 0.29) is 36.0 Å². The molecule has 0 bridgehead atoms. The zero-order valence-electron chi connectivity index (χ0n) is 8.78. The Morgan fingerprint density at radius 1 is 1.57 bits per heavy atom. The Kier molecular flexibility index (Phi) is 6.00. The van der Waals surface area contributed by atoms with Gasteiger partial charge in [0.15, 0.2) is 0 Å². The molecule has 0 amide bonds. The van der Waals surface area contributed by atoms with Gasteiger partial charge in [0, 0.05) is 24.3 Å². The minimum absolute atomic E-state index is 0. The first-order chi connectivity index (χ1) is 6.09. The van der Waals surface area contributed by atoms with Crippen LogP contribution in [0.5, 0.6) is 0 Å². The first kappa shape index (κ1) is 13.6. The standard InChI is InChI=1S/C10H13NO2.Na/c1-7(2)8-3-4-11-9(5-8)6-10(12)13;/h3-5,7H,6H2,1-2H3,(H,12,13);/q;+1/p-1. The second kappa shape index (κ2) is 6.17. The van der Waals surface area contributed by atoms with Crippen LogP contribution >= 0.6 is 0 Å². The Morgan fingerprint density at radius 3 is 2.71 bits per heavy atom. The fourth-order valence-corrected chi connectivity index (χ4v) is 1.10. The van der Waals surface area contributed by atoms with Gasteiger partial charge in [0.05, 0.1) is 0 Å². The van der Waals surface area contributed by atoms with Crippen LogP contribution in [0.2, 0.25) is 0 Å². The quantitative estimate of drug-likeness (QED) is 0.508. The van der Waals surface area contributed by atoms with Gasteiger partial charge >= 0.3 is 29.6 Å². The summed E-state index contributed by atoms with van der Waals surface area (Å²) in [6, 6.07) is 3.70. The van der Waals surface area contributed by atoms with Crippen LogP contribution in [-0.2, 0) is 11.2 Å². The van der Waals surface area contributed by atoms with Crippen molar-refractivity contribution < 1.29 is 39.5 Å². The van der Waals surface area contributed by atoms with Crippen LogP contribution in [0.15, 0.2) is 18.3 Å². The fraction of sp³-hybridized carbons (Fsp3) is 0.400. The summed E-state index contributed by atoms with van der Waals surface area (Å²) in [6.45, 7) is 4.11. The van der Waals surface area contributed by atoms with E-state index in [1.165, 1.54) is 0 Å². The van der Waals surface area contributed by atoms with Crippen LogP contribution in [0.1, 0.15) is 31.0 Å². The summed E-state index contributed by atoms with van der Waals surface area (Å²) < 4.78 is 0. The second-order valence-corrected chi connectivity index (χ2v) is 3.28. The van der Waals surface area contributed by atoms with Gasteiger partial charge in [-0.25, -0.2) is 0 Å². The zero-order valence-corrected chi connectivity index (χ0v) is 10.8. The molecule has 0 spiro atoms. The number of aliphatic carboxylic acids is 1. The molecule has 1 aromatic rings. The van der Waals surface area contributed by atoms with Crippen molar-refractivity contribution in [1.82, 2.24) is 4.98 Å². The number of hydrogen-bond acceptors (Lipinski definition) is 3. The molecular weight excluding hydrogens is 189 g/mol. The van der Waals surface area contributed by atoms with Crippen LogP contribution in [0, 0.1) is 0 Å². The third-order valence-corrected chi connectivity index (χ3v) is 1.83. The van der Waals surface area contributed by atoms with Crippen molar-refractivity contribution in [2.24, 2.45) is 0 Å². The van der Waals surface area contributed by atoms with E-state index in [0.717, 1.165) is 5.56 Å². The van der Waals surface area contributed by atoms with Gasteiger partial charge in [-0.2, -0.15) is 0 Å². The first-order valence-electron chi connectivity index (χ1n) is 4.24. The first-order valence-corrected chi connectivity index (χ1v) is 4.24. The number of pyridine rings is 1. The SMILES string of the molecule is CC(C)c1ccnc(CC(=O)[O-])c1.[Na+]. The van der Waals surface area contributed by atoms with Crippen molar-refractivity contribution in [2.45, 2.75) is 26.2 Å². The van der Waals surface area contributed by atoms with Gasteiger partial charge in [-0.05, 0) is 23.6 Å². The van der Waals surface area contributed by atoms with Gasteiger partial charge in [-0.1, -0.05) is 13.8 Å². The molecule has 0 atom stereocenters. The molecule has 14 heavy (non-hydrogen) atoms. The third kappa shape index (κ3) is 4.22. The maximum Gasteiger partial charge on any atom is 1.00 e. The van der Waals surface area contributed by atoms with Gasteiger partial charge in [0.2, 0.25) is 0 Å². The zero-order chi connectivity index (χ0) is 9.84. The van der Waals surface area contributed by atoms with Gasteiger partial charge in [-0.3, -0.25) is 4.98 Å². The molecule has 70 valence electrons. The average molecular weight is 201 g/mol. The van der Waals surface area contributed by atoms with Crippen molar-refractivity contribution in [3.05, 3.63) is 29.6 Å². The molecule has 0 aromatic carbocycles. The molecule has 0 saturated carbocycles. The van der Waals surface area contributed by atoms with E-state index >= 15 is 0 Å². The van der Waals surface area contributed by atoms with E-state index < -0.39 is 5.97 Å².